The van der Waals surface area contributed by atoms with Gasteiger partial charge in [0.25, 0.3) is 5.91 Å². The minimum absolute atomic E-state index is 0.0209. The Hall–Kier alpha value is -1.55. The molecule has 2 N–H and O–H groups in total. The average molecular weight is 290 g/mol. The van der Waals surface area contributed by atoms with Gasteiger partial charge in [0, 0.05) is 18.6 Å². The molecule has 1 aromatic rings. The van der Waals surface area contributed by atoms with Crippen LogP contribution in [0.3, 0.4) is 0 Å². The number of carbonyl (C=O) groups is 1. The summed E-state index contributed by atoms with van der Waals surface area (Å²) in [5, 5.41) is 6.39. The molecule has 4 heteroatoms. The quantitative estimate of drug-likeness (QED) is 0.811. The molecule has 116 valence electrons. The van der Waals surface area contributed by atoms with Crippen LogP contribution in [0.4, 0.5) is 0 Å². The maximum Gasteiger partial charge on any atom is 0.258 e. The molecule has 1 aliphatic rings. The van der Waals surface area contributed by atoms with Gasteiger partial charge in [-0.25, -0.2) is 0 Å². The zero-order chi connectivity index (χ0) is 15.1. The minimum atomic E-state index is -0.0209. The van der Waals surface area contributed by atoms with Gasteiger partial charge in [0.15, 0.2) is 6.61 Å². The summed E-state index contributed by atoms with van der Waals surface area (Å²) >= 11 is 0. The van der Waals surface area contributed by atoms with Crippen molar-refractivity contribution in [2.24, 2.45) is 0 Å². The summed E-state index contributed by atoms with van der Waals surface area (Å²) in [4.78, 5) is 11.8. The van der Waals surface area contributed by atoms with E-state index >= 15 is 0 Å². The van der Waals surface area contributed by atoms with Gasteiger partial charge in [0.05, 0.1) is 0 Å². The van der Waals surface area contributed by atoms with Crippen LogP contribution in [-0.2, 0) is 11.3 Å². The number of rotatable bonds is 7. The SMILES string of the molecule is CC(C)NCc1ccc(OCC(=O)NC2CCCC2)cc1. The van der Waals surface area contributed by atoms with Crippen molar-refractivity contribution in [3.63, 3.8) is 0 Å². The largest absolute Gasteiger partial charge is 0.484 e. The van der Waals surface area contributed by atoms with Gasteiger partial charge in [-0.1, -0.05) is 38.8 Å². The van der Waals surface area contributed by atoms with Crippen molar-refractivity contribution in [3.05, 3.63) is 29.8 Å². The lowest BCUT2D eigenvalue weighted by molar-refractivity contribution is -0.123. The van der Waals surface area contributed by atoms with Gasteiger partial charge in [0.1, 0.15) is 5.75 Å². The van der Waals surface area contributed by atoms with Crippen LogP contribution in [0.1, 0.15) is 45.1 Å². The Kier molecular flexibility index (Phi) is 6.05. The Bertz CT molecular complexity index is 437. The fourth-order valence-corrected chi connectivity index (χ4v) is 2.51. The molecule has 21 heavy (non-hydrogen) atoms. The highest BCUT2D eigenvalue weighted by Crippen LogP contribution is 2.17. The highest BCUT2D eigenvalue weighted by Gasteiger charge is 2.17. The van der Waals surface area contributed by atoms with Gasteiger partial charge in [-0.15, -0.1) is 0 Å². The van der Waals surface area contributed by atoms with Gasteiger partial charge in [-0.3, -0.25) is 4.79 Å². The first-order chi connectivity index (χ1) is 10.1. The van der Waals surface area contributed by atoms with E-state index in [2.05, 4.69) is 24.5 Å². The molecule has 2 rings (SSSR count). The maximum absolute atomic E-state index is 11.8. The van der Waals surface area contributed by atoms with Crippen molar-refractivity contribution < 1.29 is 9.53 Å². The summed E-state index contributed by atoms with van der Waals surface area (Å²) in [7, 11) is 0. The van der Waals surface area contributed by atoms with E-state index in [-0.39, 0.29) is 12.5 Å². The number of benzene rings is 1. The second-order valence-corrected chi connectivity index (χ2v) is 6.02. The van der Waals surface area contributed by atoms with Crippen molar-refractivity contribution in [2.75, 3.05) is 6.61 Å². The fraction of sp³-hybridized carbons (Fsp3) is 0.588. The van der Waals surface area contributed by atoms with Gasteiger partial charge < -0.3 is 15.4 Å². The number of nitrogens with one attached hydrogen (secondary N) is 2. The summed E-state index contributed by atoms with van der Waals surface area (Å²) in [5.41, 5.74) is 1.21. The molecule has 0 spiro atoms. The molecule has 1 aromatic carbocycles. The van der Waals surface area contributed by atoms with Crippen LogP contribution in [0, 0.1) is 0 Å². The normalized spacial score (nSPS) is 15.4. The summed E-state index contributed by atoms with van der Waals surface area (Å²) in [6, 6.07) is 8.71. The molecule has 4 nitrogen and oxygen atoms in total. The van der Waals surface area contributed by atoms with Crippen LogP contribution >= 0.6 is 0 Å². The molecule has 0 aromatic heterocycles. The topological polar surface area (TPSA) is 50.4 Å². The van der Waals surface area contributed by atoms with Crippen molar-refractivity contribution in [1.82, 2.24) is 10.6 Å². The Labute approximate surface area is 127 Å². The van der Waals surface area contributed by atoms with Crippen molar-refractivity contribution >= 4 is 5.91 Å². The van der Waals surface area contributed by atoms with Gasteiger partial charge in [-0.05, 0) is 30.5 Å². The Morgan fingerprint density at radius 1 is 1.24 bits per heavy atom. The monoisotopic (exact) mass is 290 g/mol. The second kappa shape index (κ2) is 8.03. The van der Waals surface area contributed by atoms with E-state index in [1.165, 1.54) is 18.4 Å². The lowest BCUT2D eigenvalue weighted by Crippen LogP contribution is -2.36. The van der Waals surface area contributed by atoms with Crippen molar-refractivity contribution in [2.45, 2.75) is 58.2 Å². The van der Waals surface area contributed by atoms with E-state index < -0.39 is 0 Å². The lowest BCUT2D eigenvalue weighted by atomic mass is 10.2. The third-order valence-electron chi connectivity index (χ3n) is 3.73. The minimum Gasteiger partial charge on any atom is -0.484 e. The van der Waals surface area contributed by atoms with Crippen molar-refractivity contribution in [1.29, 1.82) is 0 Å². The smallest absolute Gasteiger partial charge is 0.258 e. The Morgan fingerprint density at radius 2 is 1.90 bits per heavy atom. The molecule has 1 saturated carbocycles. The maximum atomic E-state index is 11.8. The lowest BCUT2D eigenvalue weighted by Gasteiger charge is -2.13. The summed E-state index contributed by atoms with van der Waals surface area (Å²) in [6.45, 7) is 5.20. The van der Waals surface area contributed by atoms with E-state index in [1.54, 1.807) is 0 Å². The van der Waals surface area contributed by atoms with Crippen LogP contribution < -0.4 is 15.4 Å². The fourth-order valence-electron chi connectivity index (χ4n) is 2.51. The third-order valence-corrected chi connectivity index (χ3v) is 3.73. The number of amides is 1. The molecule has 0 saturated heterocycles. The van der Waals surface area contributed by atoms with E-state index in [4.69, 9.17) is 4.74 Å². The standard InChI is InChI=1S/C17H26N2O2/c1-13(2)18-11-14-7-9-16(10-8-14)21-12-17(20)19-15-5-3-4-6-15/h7-10,13,15,18H,3-6,11-12H2,1-2H3,(H,19,20). The summed E-state index contributed by atoms with van der Waals surface area (Å²) in [5.74, 6) is 0.720. The first-order valence-electron chi connectivity index (χ1n) is 7.88. The molecule has 0 bridgehead atoms. The Balaban J connectivity index is 1.71. The molecule has 1 amide bonds. The predicted molar refractivity (Wildman–Crippen MR) is 84.3 cm³/mol. The van der Waals surface area contributed by atoms with E-state index in [0.717, 1.165) is 25.1 Å². The first-order valence-corrected chi connectivity index (χ1v) is 7.88. The molecule has 1 aliphatic carbocycles. The molecule has 0 radical (unpaired) electrons. The molecule has 0 atom stereocenters. The summed E-state index contributed by atoms with van der Waals surface area (Å²) in [6.07, 6.45) is 4.64. The van der Waals surface area contributed by atoms with Crippen molar-refractivity contribution in [3.8, 4) is 5.75 Å². The first kappa shape index (κ1) is 15.8. The highest BCUT2D eigenvalue weighted by atomic mass is 16.5. The Morgan fingerprint density at radius 3 is 2.52 bits per heavy atom. The zero-order valence-electron chi connectivity index (χ0n) is 13.0. The molecular formula is C17H26N2O2. The summed E-state index contributed by atoms with van der Waals surface area (Å²) < 4.78 is 5.53. The second-order valence-electron chi connectivity index (χ2n) is 6.02. The van der Waals surface area contributed by atoms with Gasteiger partial charge in [0.2, 0.25) is 0 Å². The molecule has 1 fully saturated rings. The zero-order valence-corrected chi connectivity index (χ0v) is 13.0. The van der Waals surface area contributed by atoms with E-state index in [0.29, 0.717) is 12.1 Å². The van der Waals surface area contributed by atoms with E-state index in [9.17, 15) is 4.79 Å². The van der Waals surface area contributed by atoms with Crippen LogP contribution in [0.15, 0.2) is 24.3 Å². The molecule has 0 heterocycles. The van der Waals surface area contributed by atoms with Gasteiger partial charge in [-0.2, -0.15) is 0 Å². The number of hydrogen-bond donors (Lipinski definition) is 2. The molecular weight excluding hydrogens is 264 g/mol. The van der Waals surface area contributed by atoms with Crippen LogP contribution in [0.25, 0.3) is 0 Å². The molecule has 0 unspecified atom stereocenters. The van der Waals surface area contributed by atoms with E-state index in [1.807, 2.05) is 24.3 Å². The number of hydrogen-bond acceptors (Lipinski definition) is 3. The van der Waals surface area contributed by atoms with Crippen LogP contribution in [0.5, 0.6) is 5.75 Å². The predicted octanol–water partition coefficient (Wildman–Crippen LogP) is 2.62. The van der Waals surface area contributed by atoms with Crippen LogP contribution in [-0.4, -0.2) is 24.6 Å². The number of carbonyl (C=O) groups excluding carboxylic acids is 1. The third kappa shape index (κ3) is 5.76. The molecule has 0 aliphatic heterocycles. The average Bonchev–Trinajstić information content (AvgIpc) is 2.97. The van der Waals surface area contributed by atoms with Gasteiger partial charge >= 0.3 is 0 Å². The van der Waals surface area contributed by atoms with Crippen LogP contribution in [0.2, 0.25) is 0 Å². The number of ether oxygens (including phenoxy) is 1. The highest BCUT2D eigenvalue weighted by molar-refractivity contribution is 5.77.